The van der Waals surface area contributed by atoms with Crippen LogP contribution in [0.15, 0.2) is 11.2 Å². The molecule has 0 saturated carbocycles. The Kier molecular flexibility index (Phi) is 1.80. The predicted molar refractivity (Wildman–Crippen MR) is 51.3 cm³/mol. The van der Waals surface area contributed by atoms with Crippen LogP contribution >= 0.6 is 34.2 Å². The molecule has 2 rings (SSSR count). The fraction of sp³-hybridized carbons (Fsp3) is 0.167. The van der Waals surface area contributed by atoms with Crippen molar-refractivity contribution in [1.29, 1.82) is 0 Å². The number of aliphatic imine (C=N–C) groups is 1. The first-order chi connectivity index (χ1) is 5.27. The fourth-order valence-electron chi connectivity index (χ4n) is 0.905. The molecule has 0 bridgehead atoms. The van der Waals surface area contributed by atoms with Gasteiger partial charge in [0.2, 0.25) is 0 Å². The van der Waals surface area contributed by atoms with Gasteiger partial charge in [0.25, 0.3) is 0 Å². The van der Waals surface area contributed by atoms with Crippen LogP contribution in [-0.2, 0) is 6.54 Å². The first-order valence-electron chi connectivity index (χ1n) is 2.99. The maximum absolute atomic E-state index is 5.64. The highest BCUT2D eigenvalue weighted by Crippen LogP contribution is 2.19. The third-order valence-electron chi connectivity index (χ3n) is 1.38. The maximum atomic E-state index is 5.64. The first kappa shape index (κ1) is 7.42. The minimum atomic E-state index is 0.435. The van der Waals surface area contributed by atoms with Crippen molar-refractivity contribution in [2.45, 2.75) is 6.54 Å². The summed E-state index contributed by atoms with van der Waals surface area (Å²) in [6, 6.07) is 0. The number of nitrogens with zero attached hydrogens (tertiary/aromatic N) is 3. The van der Waals surface area contributed by atoms with Gasteiger partial charge in [-0.25, -0.2) is 9.97 Å². The molecule has 3 nitrogen and oxygen atoms in total. The van der Waals surface area contributed by atoms with Gasteiger partial charge in [0, 0.05) is 0 Å². The number of aromatic nitrogens is 2. The van der Waals surface area contributed by atoms with Gasteiger partial charge in [0.15, 0.2) is 0 Å². The molecule has 0 amide bonds. The van der Waals surface area contributed by atoms with Crippen molar-refractivity contribution in [1.82, 2.24) is 9.97 Å². The Morgan fingerprint density at radius 2 is 2.36 bits per heavy atom. The van der Waals surface area contributed by atoms with Crippen molar-refractivity contribution < 1.29 is 0 Å². The molecule has 0 N–H and O–H groups in total. The van der Waals surface area contributed by atoms with Gasteiger partial charge < -0.3 is 0 Å². The van der Waals surface area contributed by atoms with E-state index >= 15 is 0 Å². The van der Waals surface area contributed by atoms with Crippen molar-refractivity contribution in [2.24, 2.45) is 4.99 Å². The Balaban J connectivity index is 2.58. The third-order valence-corrected chi connectivity index (χ3v) is 2.41. The summed E-state index contributed by atoms with van der Waals surface area (Å²) in [5.74, 6) is 0. The second-order valence-corrected chi connectivity index (χ2v) is 3.50. The van der Waals surface area contributed by atoms with E-state index in [1.807, 2.05) is 0 Å². The summed E-state index contributed by atoms with van der Waals surface area (Å²) in [6.45, 7) is 0.612. The van der Waals surface area contributed by atoms with E-state index in [1.54, 1.807) is 6.20 Å². The van der Waals surface area contributed by atoms with Crippen molar-refractivity contribution in [2.75, 3.05) is 0 Å². The summed E-state index contributed by atoms with van der Waals surface area (Å²) in [5.41, 5.74) is 1.75. The maximum Gasteiger partial charge on any atom is 0.147 e. The van der Waals surface area contributed by atoms with Gasteiger partial charge in [-0.15, -0.1) is 0 Å². The summed E-state index contributed by atoms with van der Waals surface area (Å²) >= 11 is 7.78. The number of hydrogen-bond acceptors (Lipinski definition) is 3. The number of rotatable bonds is 0. The Morgan fingerprint density at radius 3 is 3.18 bits per heavy atom. The molecule has 0 aliphatic carbocycles. The van der Waals surface area contributed by atoms with Gasteiger partial charge in [-0.05, 0) is 22.6 Å². The average molecular weight is 279 g/mol. The summed E-state index contributed by atoms with van der Waals surface area (Å²) in [7, 11) is 0. The lowest BCUT2D eigenvalue weighted by Crippen LogP contribution is -1.96. The van der Waals surface area contributed by atoms with Crippen molar-refractivity contribution >= 4 is 37.9 Å². The van der Waals surface area contributed by atoms with Crippen LogP contribution in [0.3, 0.4) is 0 Å². The van der Waals surface area contributed by atoms with Crippen molar-refractivity contribution in [3.63, 3.8) is 0 Å². The van der Waals surface area contributed by atoms with E-state index in [0.717, 1.165) is 15.1 Å². The molecular weight excluding hydrogens is 276 g/mol. The second-order valence-electron chi connectivity index (χ2n) is 2.10. The molecule has 1 aliphatic rings. The number of halogens is 2. The summed E-state index contributed by atoms with van der Waals surface area (Å²) in [4.78, 5) is 12.4. The third kappa shape index (κ3) is 1.24. The van der Waals surface area contributed by atoms with Gasteiger partial charge in [-0.1, -0.05) is 11.6 Å². The van der Waals surface area contributed by atoms with E-state index in [0.29, 0.717) is 11.7 Å². The smallest absolute Gasteiger partial charge is 0.147 e. The Hall–Kier alpha value is -0.230. The molecule has 0 spiro atoms. The molecule has 0 unspecified atom stereocenters. The van der Waals surface area contributed by atoms with Gasteiger partial charge in [-0.2, -0.15) is 0 Å². The monoisotopic (exact) mass is 279 g/mol. The van der Waals surface area contributed by atoms with E-state index in [9.17, 15) is 0 Å². The molecule has 56 valence electrons. The highest BCUT2D eigenvalue weighted by molar-refractivity contribution is 14.1. The molecule has 0 aromatic carbocycles. The fourth-order valence-corrected chi connectivity index (χ4v) is 1.68. The van der Waals surface area contributed by atoms with Crippen molar-refractivity contribution in [3.8, 4) is 0 Å². The molecule has 2 heterocycles. The minimum absolute atomic E-state index is 0.435. The standard InChI is InChI=1S/C6H3ClIN3/c7-4-2-9-5-3(11-4)1-10-6(5)8/h2H,1H2. The Morgan fingerprint density at radius 1 is 1.55 bits per heavy atom. The predicted octanol–water partition coefficient (Wildman–Crippen LogP) is 1.83. The zero-order chi connectivity index (χ0) is 7.84. The molecule has 0 radical (unpaired) electrons. The van der Waals surface area contributed by atoms with Crippen LogP contribution in [0, 0.1) is 0 Å². The largest absolute Gasteiger partial charge is 0.270 e. The van der Waals surface area contributed by atoms with Crippen LogP contribution in [0.2, 0.25) is 5.15 Å². The Bertz CT molecular complexity index is 337. The van der Waals surface area contributed by atoms with E-state index in [2.05, 4.69) is 37.6 Å². The molecule has 1 aromatic rings. The number of hydrogen-bond donors (Lipinski definition) is 0. The molecule has 11 heavy (non-hydrogen) atoms. The average Bonchev–Trinajstić information content (AvgIpc) is 2.32. The highest BCUT2D eigenvalue weighted by atomic mass is 127. The second kappa shape index (κ2) is 2.67. The van der Waals surface area contributed by atoms with Gasteiger partial charge in [0.1, 0.15) is 14.6 Å². The Labute approximate surface area is 82.1 Å². The van der Waals surface area contributed by atoms with Crippen LogP contribution in [0.5, 0.6) is 0 Å². The highest BCUT2D eigenvalue weighted by Gasteiger charge is 2.15. The van der Waals surface area contributed by atoms with Crippen LogP contribution in [-0.4, -0.2) is 13.7 Å². The van der Waals surface area contributed by atoms with E-state index in [1.165, 1.54) is 0 Å². The topological polar surface area (TPSA) is 38.1 Å². The van der Waals surface area contributed by atoms with Crippen molar-refractivity contribution in [3.05, 3.63) is 22.7 Å². The number of fused-ring (bicyclic) bond motifs is 1. The molecule has 5 heteroatoms. The van der Waals surface area contributed by atoms with Gasteiger partial charge >= 0.3 is 0 Å². The van der Waals surface area contributed by atoms with E-state index in [4.69, 9.17) is 11.6 Å². The SMILES string of the molecule is Clc1cnc2c(n1)CN=C2I. The summed E-state index contributed by atoms with van der Waals surface area (Å²) in [6.07, 6.45) is 1.54. The van der Waals surface area contributed by atoms with Crippen LogP contribution < -0.4 is 0 Å². The van der Waals surface area contributed by atoms with Gasteiger partial charge in [-0.3, -0.25) is 4.99 Å². The summed E-state index contributed by atoms with van der Waals surface area (Å²) in [5, 5.41) is 0.435. The molecule has 0 saturated heterocycles. The molecule has 0 fully saturated rings. The minimum Gasteiger partial charge on any atom is -0.270 e. The van der Waals surface area contributed by atoms with E-state index < -0.39 is 0 Å². The lowest BCUT2D eigenvalue weighted by Gasteiger charge is -1.95. The van der Waals surface area contributed by atoms with Crippen LogP contribution in [0.4, 0.5) is 0 Å². The van der Waals surface area contributed by atoms with Crippen LogP contribution in [0.1, 0.15) is 11.4 Å². The summed E-state index contributed by atoms with van der Waals surface area (Å²) < 4.78 is 0.918. The lowest BCUT2D eigenvalue weighted by atomic mass is 10.4. The lowest BCUT2D eigenvalue weighted by molar-refractivity contribution is 0.998. The molecule has 0 atom stereocenters. The normalized spacial score (nSPS) is 14.5. The quantitative estimate of drug-likeness (QED) is 0.680. The molecule has 1 aliphatic heterocycles. The zero-order valence-electron chi connectivity index (χ0n) is 5.38. The van der Waals surface area contributed by atoms with E-state index in [-0.39, 0.29) is 0 Å². The molecule has 1 aromatic heterocycles. The van der Waals surface area contributed by atoms with Crippen LogP contribution in [0.25, 0.3) is 0 Å². The zero-order valence-corrected chi connectivity index (χ0v) is 8.30. The first-order valence-corrected chi connectivity index (χ1v) is 4.45. The van der Waals surface area contributed by atoms with Gasteiger partial charge in [0.05, 0.1) is 18.4 Å². The molecular formula is C6H3ClIN3.